The molecule has 7 nitrogen and oxygen atoms in total. The van der Waals surface area contributed by atoms with Gasteiger partial charge in [-0.05, 0) is 38.3 Å². The lowest BCUT2D eigenvalue weighted by Crippen LogP contribution is -2.52. The molecule has 1 N–H and O–H groups in total. The van der Waals surface area contributed by atoms with Crippen LogP contribution >= 0.6 is 12.2 Å². The van der Waals surface area contributed by atoms with Gasteiger partial charge in [-0.25, -0.2) is 0 Å². The number of hydrogen-bond acceptors (Lipinski definition) is 6. The number of amides is 1. The molecule has 2 fully saturated rings. The fourth-order valence-corrected chi connectivity index (χ4v) is 3.87. The molecule has 0 aromatic carbocycles. The van der Waals surface area contributed by atoms with Gasteiger partial charge >= 0.3 is 5.97 Å². The van der Waals surface area contributed by atoms with E-state index in [0.29, 0.717) is 24.8 Å². The topological polar surface area (TPSA) is 75.0 Å². The van der Waals surface area contributed by atoms with Crippen LogP contribution in [0.2, 0.25) is 0 Å². The molecule has 0 saturated carbocycles. The van der Waals surface area contributed by atoms with Crippen LogP contribution in [0.3, 0.4) is 0 Å². The smallest absolute Gasteiger partial charge is 0.307 e. The van der Waals surface area contributed by atoms with Crippen LogP contribution in [0.25, 0.3) is 0 Å². The third kappa shape index (κ3) is 2.80. The highest BCUT2D eigenvalue weighted by Gasteiger charge is 2.59. The van der Waals surface area contributed by atoms with Crippen LogP contribution in [0.1, 0.15) is 25.0 Å². The number of carbonyl (C=O) groups is 2. The summed E-state index contributed by atoms with van der Waals surface area (Å²) >= 11 is 5.36. The fraction of sp³-hybridized carbons (Fsp3) is 0.562. The Morgan fingerprint density at radius 3 is 3.04 bits per heavy atom. The van der Waals surface area contributed by atoms with Crippen LogP contribution in [0, 0.1) is 0 Å². The van der Waals surface area contributed by atoms with Crippen molar-refractivity contribution in [3.63, 3.8) is 0 Å². The normalized spacial score (nSPS) is 27.1. The van der Waals surface area contributed by atoms with Gasteiger partial charge in [-0.2, -0.15) is 0 Å². The van der Waals surface area contributed by atoms with E-state index in [2.05, 4.69) is 10.2 Å². The maximum atomic E-state index is 13.1. The Bertz CT molecular complexity index is 648. The van der Waals surface area contributed by atoms with Gasteiger partial charge in [0.05, 0.1) is 25.2 Å². The van der Waals surface area contributed by atoms with E-state index in [0.717, 1.165) is 5.76 Å². The van der Waals surface area contributed by atoms with Crippen molar-refractivity contribution in [3.05, 3.63) is 24.2 Å². The lowest BCUT2D eigenvalue weighted by Gasteiger charge is -2.26. The predicted molar refractivity (Wildman–Crippen MR) is 90.4 cm³/mol. The first-order valence-electron chi connectivity index (χ1n) is 7.99. The van der Waals surface area contributed by atoms with E-state index in [9.17, 15) is 9.59 Å². The molecule has 0 bridgehead atoms. The van der Waals surface area contributed by atoms with Crippen molar-refractivity contribution in [1.82, 2.24) is 15.1 Å². The van der Waals surface area contributed by atoms with Crippen LogP contribution < -0.4 is 5.32 Å². The zero-order chi connectivity index (χ0) is 17.3. The van der Waals surface area contributed by atoms with Gasteiger partial charge in [-0.3, -0.25) is 14.5 Å². The highest BCUT2D eigenvalue weighted by Crippen LogP contribution is 2.39. The molecule has 0 unspecified atom stereocenters. The summed E-state index contributed by atoms with van der Waals surface area (Å²) in [6.07, 6.45) is 1.73. The number of nitrogens with zero attached hydrogens (tertiary/aromatic N) is 2. The second-order valence-electron chi connectivity index (χ2n) is 6.18. The number of carbonyl (C=O) groups excluding carboxylic acids is 2. The van der Waals surface area contributed by atoms with E-state index in [-0.39, 0.29) is 30.8 Å². The number of rotatable bonds is 5. The molecule has 2 saturated heterocycles. The minimum atomic E-state index is -0.835. The van der Waals surface area contributed by atoms with Crippen LogP contribution in [0.15, 0.2) is 22.8 Å². The number of likely N-dealkylation sites (N-methyl/N-ethyl adjacent to an activating group) is 1. The van der Waals surface area contributed by atoms with E-state index in [1.54, 1.807) is 13.2 Å². The Labute approximate surface area is 145 Å². The summed E-state index contributed by atoms with van der Waals surface area (Å²) in [4.78, 5) is 28.3. The molecule has 2 atom stereocenters. The van der Waals surface area contributed by atoms with E-state index in [4.69, 9.17) is 21.4 Å². The van der Waals surface area contributed by atoms with Crippen molar-refractivity contribution in [2.45, 2.75) is 24.8 Å². The van der Waals surface area contributed by atoms with E-state index in [1.165, 1.54) is 4.90 Å². The highest BCUT2D eigenvalue weighted by molar-refractivity contribution is 7.80. The number of furan rings is 1. The number of thiocarbonyl (C=S) groups is 1. The Morgan fingerprint density at radius 2 is 2.38 bits per heavy atom. The predicted octanol–water partition coefficient (Wildman–Crippen LogP) is 0.717. The van der Waals surface area contributed by atoms with Crippen molar-refractivity contribution in [2.75, 3.05) is 33.3 Å². The summed E-state index contributed by atoms with van der Waals surface area (Å²) in [6.45, 7) is 3.53. The molecular weight excluding hydrogens is 330 g/mol. The number of ether oxygens (including phenoxy) is 1. The molecule has 3 heterocycles. The Hall–Kier alpha value is -1.93. The third-order valence-electron chi connectivity index (χ3n) is 4.54. The number of nitrogens with one attached hydrogen (secondary N) is 1. The standard InChI is InChI=1S/C16H21N3O4S/c1-3-22-13(20)6-7-19-14(21)16(17-15(19)24)10-18(2)9-11(16)12-5-4-8-23-12/h4-5,8,11H,3,6-7,9-10H2,1-2H3,(H,17,24)/t11-,16+/m1/s1. The summed E-state index contributed by atoms with van der Waals surface area (Å²) < 4.78 is 10.5. The zero-order valence-corrected chi connectivity index (χ0v) is 14.6. The van der Waals surface area contributed by atoms with E-state index >= 15 is 0 Å². The molecule has 3 rings (SSSR count). The first-order valence-corrected chi connectivity index (χ1v) is 8.40. The average Bonchev–Trinajstić information content (AvgIpc) is 3.20. The average molecular weight is 351 g/mol. The first kappa shape index (κ1) is 16.9. The SMILES string of the molecule is CCOC(=O)CCN1C(=O)[C@@]2(CN(C)C[C@@H]2c2ccco2)NC1=S. The second kappa shape index (κ2) is 6.52. The third-order valence-corrected chi connectivity index (χ3v) is 4.86. The van der Waals surface area contributed by atoms with Gasteiger partial charge in [0.1, 0.15) is 11.3 Å². The molecule has 2 aliphatic rings. The molecule has 1 aromatic heterocycles. The molecule has 0 radical (unpaired) electrons. The van der Waals surface area contributed by atoms with Gasteiger partial charge in [0.15, 0.2) is 5.11 Å². The van der Waals surface area contributed by atoms with E-state index in [1.807, 2.05) is 19.2 Å². The van der Waals surface area contributed by atoms with Crippen molar-refractivity contribution in [3.8, 4) is 0 Å². The van der Waals surface area contributed by atoms with Gasteiger partial charge in [0, 0.05) is 19.6 Å². The molecule has 1 amide bonds. The fourth-order valence-electron chi connectivity index (χ4n) is 3.52. The maximum Gasteiger partial charge on any atom is 0.307 e. The quantitative estimate of drug-likeness (QED) is 0.619. The van der Waals surface area contributed by atoms with Crippen molar-refractivity contribution < 1.29 is 18.7 Å². The van der Waals surface area contributed by atoms with Crippen LogP contribution in [0.4, 0.5) is 0 Å². The van der Waals surface area contributed by atoms with Crippen molar-refractivity contribution >= 4 is 29.2 Å². The Morgan fingerprint density at radius 1 is 1.58 bits per heavy atom. The summed E-state index contributed by atoms with van der Waals surface area (Å²) in [5.74, 6) is 0.188. The highest BCUT2D eigenvalue weighted by atomic mass is 32.1. The van der Waals surface area contributed by atoms with Gasteiger partial charge < -0.3 is 19.4 Å². The van der Waals surface area contributed by atoms with Crippen LogP contribution in [-0.2, 0) is 14.3 Å². The number of likely N-dealkylation sites (tertiary alicyclic amines) is 1. The molecule has 1 aromatic rings. The van der Waals surface area contributed by atoms with E-state index < -0.39 is 5.54 Å². The number of hydrogen-bond donors (Lipinski definition) is 1. The number of esters is 1. The Kier molecular flexibility index (Phi) is 4.60. The maximum absolute atomic E-state index is 13.1. The first-order chi connectivity index (χ1) is 11.5. The largest absolute Gasteiger partial charge is 0.469 e. The van der Waals surface area contributed by atoms with Gasteiger partial charge in [0.2, 0.25) is 0 Å². The molecule has 8 heteroatoms. The van der Waals surface area contributed by atoms with Gasteiger partial charge in [-0.1, -0.05) is 0 Å². The van der Waals surface area contributed by atoms with Gasteiger partial charge in [0.25, 0.3) is 5.91 Å². The molecule has 0 aliphatic carbocycles. The minimum Gasteiger partial charge on any atom is -0.469 e. The summed E-state index contributed by atoms with van der Waals surface area (Å²) in [7, 11) is 1.96. The monoisotopic (exact) mass is 351 g/mol. The molecule has 130 valence electrons. The lowest BCUT2D eigenvalue weighted by atomic mass is 9.85. The molecule has 1 spiro atoms. The second-order valence-corrected chi connectivity index (χ2v) is 6.56. The summed E-state index contributed by atoms with van der Waals surface area (Å²) in [5.41, 5.74) is -0.835. The van der Waals surface area contributed by atoms with Gasteiger partial charge in [-0.15, -0.1) is 0 Å². The Balaban J connectivity index is 1.80. The lowest BCUT2D eigenvalue weighted by molar-refractivity contribution is -0.143. The molecule has 24 heavy (non-hydrogen) atoms. The van der Waals surface area contributed by atoms with Crippen molar-refractivity contribution in [2.24, 2.45) is 0 Å². The van der Waals surface area contributed by atoms with Crippen LogP contribution in [0.5, 0.6) is 0 Å². The zero-order valence-electron chi connectivity index (χ0n) is 13.8. The summed E-state index contributed by atoms with van der Waals surface area (Å²) in [5, 5.41) is 3.57. The summed E-state index contributed by atoms with van der Waals surface area (Å²) in [6, 6.07) is 3.70. The minimum absolute atomic E-state index is 0.109. The van der Waals surface area contributed by atoms with Crippen LogP contribution in [-0.4, -0.2) is 65.6 Å². The van der Waals surface area contributed by atoms with Crippen molar-refractivity contribution in [1.29, 1.82) is 0 Å². The molecular formula is C16H21N3O4S. The molecule has 2 aliphatic heterocycles.